The first kappa shape index (κ1) is 9.48. The third-order valence-electron chi connectivity index (χ3n) is 2.23. The summed E-state index contributed by atoms with van der Waals surface area (Å²) in [5, 5.41) is 13.1. The Hall–Kier alpha value is -1.07. The van der Waals surface area contributed by atoms with Gasteiger partial charge in [-0.1, -0.05) is 11.8 Å². The zero-order chi connectivity index (χ0) is 9.97. The first-order valence-electron chi connectivity index (χ1n) is 4.46. The molecule has 0 radical (unpaired) electrons. The van der Waals surface area contributed by atoms with Crippen LogP contribution in [0.15, 0.2) is 24.3 Å². The van der Waals surface area contributed by atoms with Crippen LogP contribution in [-0.4, -0.2) is 17.2 Å². The van der Waals surface area contributed by atoms with Gasteiger partial charge in [0.05, 0.1) is 11.5 Å². The van der Waals surface area contributed by atoms with E-state index < -0.39 is 0 Å². The quantitative estimate of drug-likeness (QED) is 0.584. The Balaban J connectivity index is 2.16. The van der Waals surface area contributed by atoms with Crippen LogP contribution in [0.5, 0.6) is 0 Å². The molecule has 2 rings (SSSR count). The van der Waals surface area contributed by atoms with Crippen molar-refractivity contribution in [2.75, 3.05) is 12.3 Å². The third kappa shape index (κ3) is 1.88. The molecule has 0 aliphatic carbocycles. The summed E-state index contributed by atoms with van der Waals surface area (Å²) in [5.74, 6) is 1.15. The Labute approximate surface area is 85.8 Å². The van der Waals surface area contributed by atoms with Crippen molar-refractivity contribution in [2.45, 2.75) is 5.37 Å². The van der Waals surface area contributed by atoms with Crippen molar-refractivity contribution in [1.29, 1.82) is 0 Å². The van der Waals surface area contributed by atoms with E-state index in [1.165, 1.54) is 0 Å². The Morgan fingerprint density at radius 2 is 2.14 bits per heavy atom. The number of hydrogen-bond acceptors (Lipinski definition) is 3. The van der Waals surface area contributed by atoms with Crippen molar-refractivity contribution in [1.82, 2.24) is 0 Å². The van der Waals surface area contributed by atoms with Crippen LogP contribution >= 0.6 is 11.8 Å². The van der Waals surface area contributed by atoms with E-state index in [0.29, 0.717) is 5.37 Å². The highest BCUT2D eigenvalue weighted by atomic mass is 32.2. The molecule has 0 spiro atoms. The summed E-state index contributed by atoms with van der Waals surface area (Å²) in [6, 6.07) is 6.83. The highest BCUT2D eigenvalue weighted by molar-refractivity contribution is 7.99. The van der Waals surface area contributed by atoms with Crippen LogP contribution in [-0.2, 0) is 0 Å². The normalized spacial score (nSPS) is 21.0. The van der Waals surface area contributed by atoms with E-state index in [0.717, 1.165) is 17.9 Å². The molecule has 1 aromatic rings. The average molecular weight is 211 g/mol. The first-order valence-corrected chi connectivity index (χ1v) is 5.51. The molecule has 4 nitrogen and oxygen atoms in total. The average Bonchev–Trinajstić information content (AvgIpc) is 2.71. The summed E-state index contributed by atoms with van der Waals surface area (Å²) < 4.78 is 0. The number of hydrogen-bond donors (Lipinski definition) is 1. The number of nitro groups is 1. The maximum atomic E-state index is 10.4. The van der Waals surface area contributed by atoms with Crippen LogP contribution in [0.3, 0.4) is 0 Å². The minimum Gasteiger partial charge on any atom is -0.331 e. The molecule has 1 heterocycles. The highest BCUT2D eigenvalue weighted by Gasteiger charge is 2.21. The van der Waals surface area contributed by atoms with Gasteiger partial charge in [0.25, 0.3) is 5.69 Å². The number of quaternary nitrogens is 1. The van der Waals surface area contributed by atoms with Crippen LogP contribution in [0.1, 0.15) is 10.9 Å². The lowest BCUT2D eigenvalue weighted by molar-refractivity contribution is -0.663. The molecular formula is C9H11N2O2S+. The van der Waals surface area contributed by atoms with E-state index in [-0.39, 0.29) is 10.6 Å². The second-order valence-electron chi connectivity index (χ2n) is 3.16. The zero-order valence-corrected chi connectivity index (χ0v) is 8.37. The van der Waals surface area contributed by atoms with Gasteiger partial charge in [0.15, 0.2) is 5.37 Å². The standard InChI is InChI=1S/C9H10N2O2S/c12-11(13)8-3-1-7(2-4-8)9-10-5-6-14-9/h1-4,9-10H,5-6H2/p+1. The predicted molar refractivity (Wildman–Crippen MR) is 55.1 cm³/mol. The minimum atomic E-state index is -0.366. The van der Waals surface area contributed by atoms with Gasteiger partial charge in [0.2, 0.25) is 0 Å². The lowest BCUT2D eigenvalue weighted by Crippen LogP contribution is -2.81. The number of nitrogens with two attached hydrogens (primary N) is 1. The van der Waals surface area contributed by atoms with Crippen molar-refractivity contribution in [2.24, 2.45) is 0 Å². The number of rotatable bonds is 2. The molecule has 14 heavy (non-hydrogen) atoms. The maximum Gasteiger partial charge on any atom is 0.269 e. The largest absolute Gasteiger partial charge is 0.331 e. The van der Waals surface area contributed by atoms with Crippen molar-refractivity contribution < 1.29 is 10.2 Å². The molecule has 0 bridgehead atoms. The fourth-order valence-corrected chi connectivity index (χ4v) is 2.65. The molecule has 0 amide bonds. The molecule has 1 fully saturated rings. The molecule has 1 unspecified atom stereocenters. The Morgan fingerprint density at radius 1 is 1.43 bits per heavy atom. The van der Waals surface area contributed by atoms with Gasteiger partial charge in [0, 0.05) is 23.4 Å². The van der Waals surface area contributed by atoms with Crippen LogP contribution in [0.25, 0.3) is 0 Å². The van der Waals surface area contributed by atoms with Gasteiger partial charge in [-0.15, -0.1) is 0 Å². The number of benzene rings is 1. The number of nitrogens with zero attached hydrogens (tertiary/aromatic N) is 1. The maximum absolute atomic E-state index is 10.4. The summed E-state index contributed by atoms with van der Waals surface area (Å²) in [6.45, 7) is 1.13. The Morgan fingerprint density at radius 3 is 2.64 bits per heavy atom. The molecule has 2 N–H and O–H groups in total. The van der Waals surface area contributed by atoms with Crippen LogP contribution in [0.4, 0.5) is 5.69 Å². The van der Waals surface area contributed by atoms with Gasteiger partial charge in [-0.2, -0.15) is 0 Å². The number of nitro benzene ring substituents is 1. The van der Waals surface area contributed by atoms with E-state index >= 15 is 0 Å². The van der Waals surface area contributed by atoms with E-state index in [2.05, 4.69) is 5.32 Å². The lowest BCUT2D eigenvalue weighted by Gasteiger charge is -2.05. The van der Waals surface area contributed by atoms with E-state index in [1.54, 1.807) is 12.1 Å². The fourth-order valence-electron chi connectivity index (χ4n) is 1.50. The van der Waals surface area contributed by atoms with Gasteiger partial charge in [-0.3, -0.25) is 10.1 Å². The first-order chi connectivity index (χ1) is 6.77. The molecule has 5 heteroatoms. The highest BCUT2D eigenvalue weighted by Crippen LogP contribution is 2.25. The van der Waals surface area contributed by atoms with E-state index in [1.807, 2.05) is 23.9 Å². The smallest absolute Gasteiger partial charge is 0.269 e. The molecule has 1 aliphatic heterocycles. The summed E-state index contributed by atoms with van der Waals surface area (Å²) in [4.78, 5) is 10.1. The Kier molecular flexibility index (Phi) is 2.69. The van der Waals surface area contributed by atoms with Gasteiger partial charge >= 0.3 is 0 Å². The fraction of sp³-hybridized carbons (Fsp3) is 0.333. The van der Waals surface area contributed by atoms with Crippen LogP contribution < -0.4 is 5.32 Å². The molecule has 1 aromatic carbocycles. The summed E-state index contributed by atoms with van der Waals surface area (Å²) in [7, 11) is 0. The molecule has 0 saturated carbocycles. The van der Waals surface area contributed by atoms with Crippen molar-refractivity contribution in [3.05, 3.63) is 39.9 Å². The molecule has 0 aromatic heterocycles. The second kappa shape index (κ2) is 3.98. The van der Waals surface area contributed by atoms with E-state index in [9.17, 15) is 10.1 Å². The molecular weight excluding hydrogens is 200 g/mol. The SMILES string of the molecule is O=[N+]([O-])c1ccc(C2[NH2+]CCS2)cc1. The van der Waals surface area contributed by atoms with Gasteiger partial charge < -0.3 is 5.32 Å². The zero-order valence-electron chi connectivity index (χ0n) is 7.55. The van der Waals surface area contributed by atoms with Crippen molar-refractivity contribution in [3.63, 3.8) is 0 Å². The van der Waals surface area contributed by atoms with Crippen molar-refractivity contribution >= 4 is 17.4 Å². The molecule has 1 saturated heterocycles. The topological polar surface area (TPSA) is 59.8 Å². The monoisotopic (exact) mass is 211 g/mol. The van der Waals surface area contributed by atoms with Crippen molar-refractivity contribution in [3.8, 4) is 0 Å². The van der Waals surface area contributed by atoms with Gasteiger partial charge in [-0.05, 0) is 12.1 Å². The second-order valence-corrected chi connectivity index (χ2v) is 4.41. The Bertz CT molecular complexity index is 333. The third-order valence-corrected chi connectivity index (χ3v) is 3.52. The molecule has 74 valence electrons. The van der Waals surface area contributed by atoms with Gasteiger partial charge in [0.1, 0.15) is 0 Å². The van der Waals surface area contributed by atoms with Crippen LogP contribution in [0.2, 0.25) is 0 Å². The molecule has 1 atom stereocenters. The minimum absolute atomic E-state index is 0.164. The number of thioether (sulfide) groups is 1. The predicted octanol–water partition coefficient (Wildman–Crippen LogP) is 0.904. The van der Waals surface area contributed by atoms with Crippen LogP contribution in [0, 0.1) is 10.1 Å². The summed E-state index contributed by atoms with van der Waals surface area (Å²) >= 11 is 1.88. The van der Waals surface area contributed by atoms with Gasteiger partial charge in [-0.25, -0.2) is 0 Å². The van der Waals surface area contributed by atoms with E-state index in [4.69, 9.17) is 0 Å². The summed E-state index contributed by atoms with van der Waals surface area (Å²) in [6.07, 6.45) is 0. The summed E-state index contributed by atoms with van der Waals surface area (Å²) in [5.41, 5.74) is 1.33. The molecule has 1 aliphatic rings. The lowest BCUT2D eigenvalue weighted by atomic mass is 10.2. The number of non-ortho nitro benzene ring substituents is 1.